The molecule has 0 unspecified atom stereocenters. The zero-order valence-corrected chi connectivity index (χ0v) is 20.0. The van der Waals surface area contributed by atoms with Crippen LogP contribution in [-0.2, 0) is 27.2 Å². The summed E-state index contributed by atoms with van der Waals surface area (Å²) in [5, 5.41) is 17.6. The van der Waals surface area contributed by atoms with Gasteiger partial charge in [0.25, 0.3) is 0 Å². The van der Waals surface area contributed by atoms with Crippen molar-refractivity contribution in [3.8, 4) is 0 Å². The first-order valence-electron chi connectivity index (χ1n) is 12.8. The summed E-state index contributed by atoms with van der Waals surface area (Å²) in [6, 6.07) is 16.6. The highest BCUT2D eigenvalue weighted by molar-refractivity contribution is 5.92. The molecule has 2 aromatic rings. The predicted octanol–water partition coefficient (Wildman–Crippen LogP) is 2.41. The highest BCUT2D eigenvalue weighted by Gasteiger charge is 2.55. The van der Waals surface area contributed by atoms with Crippen LogP contribution in [0.15, 0.2) is 60.7 Å². The molecule has 184 valence electrons. The molecule has 4 aliphatic carbocycles. The molecule has 35 heavy (non-hydrogen) atoms. The lowest BCUT2D eigenvalue weighted by Gasteiger charge is -2.55. The summed E-state index contributed by atoms with van der Waals surface area (Å²) in [5.41, 5.74) is 1.31. The highest BCUT2D eigenvalue weighted by Crippen LogP contribution is 2.60. The van der Waals surface area contributed by atoms with Gasteiger partial charge in [-0.1, -0.05) is 60.7 Å². The Hall–Kier alpha value is -3.15. The topological polar surface area (TPSA) is 98.3 Å². The molecule has 0 spiro atoms. The van der Waals surface area contributed by atoms with Crippen LogP contribution in [0.2, 0.25) is 0 Å². The van der Waals surface area contributed by atoms with Crippen LogP contribution in [0.25, 0.3) is 0 Å². The second kappa shape index (κ2) is 9.84. The van der Waals surface area contributed by atoms with E-state index in [-0.39, 0.29) is 17.7 Å². The maximum absolute atomic E-state index is 13.7. The number of hydrogen-bond acceptors (Lipinski definition) is 4. The third kappa shape index (κ3) is 5.26. The number of amides is 2. The molecule has 2 atom stereocenters. The van der Waals surface area contributed by atoms with Crippen molar-refractivity contribution in [2.45, 2.75) is 63.5 Å². The minimum absolute atomic E-state index is 0.0410. The van der Waals surface area contributed by atoms with Crippen LogP contribution < -0.4 is 15.7 Å². The fraction of sp³-hybridized carbons (Fsp3) is 0.483. The summed E-state index contributed by atoms with van der Waals surface area (Å²) in [4.78, 5) is 38.9. The number of aliphatic carboxylic acids is 1. The lowest BCUT2D eigenvalue weighted by molar-refractivity contribution is -0.308. The quantitative estimate of drug-likeness (QED) is 0.584. The third-order valence-corrected chi connectivity index (χ3v) is 8.31. The Morgan fingerprint density at radius 3 is 1.66 bits per heavy atom. The van der Waals surface area contributed by atoms with Crippen molar-refractivity contribution in [1.82, 2.24) is 10.6 Å². The smallest absolute Gasteiger partial charge is 0.243 e. The minimum atomic E-state index is -1.34. The fourth-order valence-electron chi connectivity index (χ4n) is 7.07. The average molecular weight is 474 g/mol. The van der Waals surface area contributed by atoms with Gasteiger partial charge in [-0.2, -0.15) is 0 Å². The van der Waals surface area contributed by atoms with Gasteiger partial charge >= 0.3 is 0 Å². The van der Waals surface area contributed by atoms with E-state index in [0.717, 1.165) is 30.4 Å². The van der Waals surface area contributed by atoms with E-state index in [0.29, 0.717) is 24.2 Å². The number of carboxylic acid groups (broad SMARTS) is 1. The largest absolute Gasteiger partial charge is 0.548 e. The van der Waals surface area contributed by atoms with Gasteiger partial charge in [0.05, 0.1) is 12.0 Å². The van der Waals surface area contributed by atoms with Crippen molar-refractivity contribution in [2.75, 3.05) is 0 Å². The summed E-state index contributed by atoms with van der Waals surface area (Å²) in [6.07, 6.45) is 6.82. The molecule has 2 amide bonds. The zero-order chi connectivity index (χ0) is 24.4. The Morgan fingerprint density at radius 2 is 1.20 bits per heavy atom. The highest BCUT2D eigenvalue weighted by atomic mass is 16.4. The summed E-state index contributed by atoms with van der Waals surface area (Å²) in [7, 11) is 0. The summed E-state index contributed by atoms with van der Waals surface area (Å²) in [5.74, 6) is -0.0314. The van der Waals surface area contributed by atoms with Crippen LogP contribution in [0.5, 0.6) is 0 Å². The first-order chi connectivity index (χ1) is 16.9. The molecule has 6 heteroatoms. The van der Waals surface area contributed by atoms with Crippen molar-refractivity contribution in [1.29, 1.82) is 0 Å². The maximum Gasteiger partial charge on any atom is 0.243 e. The molecule has 2 N–H and O–H groups in total. The molecule has 6 nitrogen and oxygen atoms in total. The van der Waals surface area contributed by atoms with E-state index in [4.69, 9.17) is 0 Å². The molecule has 4 aliphatic rings. The summed E-state index contributed by atoms with van der Waals surface area (Å²) in [6.45, 7) is 0. The molecule has 4 saturated carbocycles. The first kappa shape index (κ1) is 23.6. The van der Waals surface area contributed by atoms with Gasteiger partial charge in [-0.25, -0.2) is 0 Å². The summed E-state index contributed by atoms with van der Waals surface area (Å²) < 4.78 is 0. The van der Waals surface area contributed by atoms with Crippen molar-refractivity contribution in [3.63, 3.8) is 0 Å². The molecule has 4 fully saturated rings. The van der Waals surface area contributed by atoms with Crippen LogP contribution in [0.1, 0.15) is 49.7 Å². The van der Waals surface area contributed by atoms with Gasteiger partial charge in [0, 0.05) is 11.8 Å². The van der Waals surface area contributed by atoms with Crippen LogP contribution in [0, 0.1) is 23.2 Å². The number of hydrogen-bond donors (Lipinski definition) is 2. The monoisotopic (exact) mass is 473 g/mol. The van der Waals surface area contributed by atoms with Crippen LogP contribution in [-0.4, -0.2) is 29.9 Å². The second-order valence-corrected chi connectivity index (χ2v) is 11.0. The van der Waals surface area contributed by atoms with Crippen molar-refractivity contribution in [2.24, 2.45) is 23.2 Å². The Labute approximate surface area is 206 Å². The molecular formula is C29H33N2O4-. The number of carbonyl (C=O) groups is 3. The molecule has 0 aromatic heterocycles. The lowest BCUT2D eigenvalue weighted by Crippen LogP contribution is -2.59. The molecule has 6 rings (SSSR count). The van der Waals surface area contributed by atoms with Crippen molar-refractivity contribution < 1.29 is 19.5 Å². The number of nitrogens with one attached hydrogen (secondary N) is 2. The molecule has 4 bridgehead atoms. The Morgan fingerprint density at radius 1 is 0.743 bits per heavy atom. The van der Waals surface area contributed by atoms with Gasteiger partial charge in [0.2, 0.25) is 11.8 Å². The maximum atomic E-state index is 13.7. The average Bonchev–Trinajstić information content (AvgIpc) is 2.83. The number of carboxylic acids is 1. The van der Waals surface area contributed by atoms with Gasteiger partial charge in [-0.3, -0.25) is 9.59 Å². The van der Waals surface area contributed by atoms with Crippen molar-refractivity contribution in [3.05, 3.63) is 71.8 Å². The third-order valence-electron chi connectivity index (χ3n) is 8.31. The van der Waals surface area contributed by atoms with Gasteiger partial charge < -0.3 is 20.5 Å². The number of carbonyl (C=O) groups excluding carboxylic acids is 3. The number of benzene rings is 2. The Balaban J connectivity index is 1.33. The molecule has 0 heterocycles. The van der Waals surface area contributed by atoms with E-state index < -0.39 is 24.0 Å². The van der Waals surface area contributed by atoms with Crippen LogP contribution >= 0.6 is 0 Å². The van der Waals surface area contributed by atoms with E-state index in [2.05, 4.69) is 10.6 Å². The van der Waals surface area contributed by atoms with Gasteiger partial charge in [-0.15, -0.1) is 0 Å². The van der Waals surface area contributed by atoms with Gasteiger partial charge in [0.1, 0.15) is 6.04 Å². The molecule has 0 aliphatic heterocycles. The van der Waals surface area contributed by atoms with Gasteiger partial charge in [0.15, 0.2) is 0 Å². The molecule has 0 saturated heterocycles. The SMILES string of the molecule is O=C([O-])[C@H](Cc1ccccc1)NC(=O)[C@H](Cc1ccccc1)NC(=O)C12CC3CC(CC(C3)C1)C2. The molecule has 2 aromatic carbocycles. The number of rotatable bonds is 9. The Kier molecular flexibility index (Phi) is 6.63. The van der Waals surface area contributed by atoms with Crippen molar-refractivity contribution >= 4 is 17.8 Å². The van der Waals surface area contributed by atoms with E-state index in [1.165, 1.54) is 19.3 Å². The Bertz CT molecular complexity index is 1030. The van der Waals surface area contributed by atoms with E-state index in [1.54, 1.807) is 0 Å². The van der Waals surface area contributed by atoms with E-state index >= 15 is 0 Å². The molecule has 0 radical (unpaired) electrons. The first-order valence-corrected chi connectivity index (χ1v) is 12.8. The van der Waals surface area contributed by atoms with Crippen LogP contribution in [0.3, 0.4) is 0 Å². The second-order valence-electron chi connectivity index (χ2n) is 11.0. The van der Waals surface area contributed by atoms with Crippen LogP contribution in [0.4, 0.5) is 0 Å². The molecular weight excluding hydrogens is 440 g/mol. The van der Waals surface area contributed by atoms with E-state index in [9.17, 15) is 19.5 Å². The fourth-order valence-corrected chi connectivity index (χ4v) is 7.07. The summed E-state index contributed by atoms with van der Waals surface area (Å²) >= 11 is 0. The predicted molar refractivity (Wildman–Crippen MR) is 130 cm³/mol. The standard InChI is InChI=1S/C29H34N2O4/c32-26(30-25(27(33)34)15-20-9-5-2-6-10-20)24(14-19-7-3-1-4-8-19)31-28(35)29-16-21-11-22(17-29)13-23(12-21)18-29/h1-10,21-25H,11-18H2,(H,30,32)(H,31,35)(H,33,34)/p-1/t21?,22?,23?,24-,25-,29?/m0/s1. The minimum Gasteiger partial charge on any atom is -0.548 e. The zero-order valence-electron chi connectivity index (χ0n) is 20.0. The lowest BCUT2D eigenvalue weighted by atomic mass is 9.49. The van der Waals surface area contributed by atoms with Gasteiger partial charge in [-0.05, 0) is 73.8 Å². The normalized spacial score (nSPS) is 28.2. The van der Waals surface area contributed by atoms with E-state index in [1.807, 2.05) is 60.7 Å².